The van der Waals surface area contributed by atoms with Crippen LogP contribution in [0, 0.1) is 0 Å². The van der Waals surface area contributed by atoms with Crippen molar-refractivity contribution in [1.82, 2.24) is 5.32 Å². The molecule has 0 aliphatic carbocycles. The quantitative estimate of drug-likeness (QED) is 0.904. The molecule has 0 aromatic heterocycles. The molecule has 0 atom stereocenters. The van der Waals surface area contributed by atoms with Crippen molar-refractivity contribution in [2.75, 3.05) is 18.0 Å². The van der Waals surface area contributed by atoms with Crippen LogP contribution in [0.25, 0.3) is 0 Å². The standard InChI is InChI=1S/C18H22N2O/c21-18-8-6-15(7-9-18)14-19-16-10-12-20(13-11-16)17-4-2-1-3-5-17/h1-9,16,19,21H,10-14H2. The topological polar surface area (TPSA) is 35.5 Å². The predicted octanol–water partition coefficient (Wildman–Crippen LogP) is 3.15. The summed E-state index contributed by atoms with van der Waals surface area (Å²) in [6.45, 7) is 3.09. The van der Waals surface area contributed by atoms with Gasteiger partial charge in [-0.25, -0.2) is 0 Å². The molecule has 0 spiro atoms. The van der Waals surface area contributed by atoms with E-state index in [1.807, 2.05) is 12.1 Å². The van der Waals surface area contributed by atoms with E-state index in [-0.39, 0.29) is 0 Å². The minimum Gasteiger partial charge on any atom is -0.508 e. The van der Waals surface area contributed by atoms with Crippen LogP contribution in [0.15, 0.2) is 54.6 Å². The maximum absolute atomic E-state index is 9.29. The van der Waals surface area contributed by atoms with E-state index in [1.54, 1.807) is 12.1 Å². The third-order valence-electron chi connectivity index (χ3n) is 4.15. The first-order valence-electron chi connectivity index (χ1n) is 7.62. The summed E-state index contributed by atoms with van der Waals surface area (Å²) in [6.07, 6.45) is 2.35. The van der Waals surface area contributed by atoms with Crippen LogP contribution in [0.5, 0.6) is 5.75 Å². The maximum atomic E-state index is 9.29. The van der Waals surface area contributed by atoms with Crippen LogP contribution in [-0.4, -0.2) is 24.2 Å². The fraction of sp³-hybridized carbons (Fsp3) is 0.333. The molecule has 3 heteroatoms. The molecule has 1 heterocycles. The van der Waals surface area contributed by atoms with Crippen LogP contribution in [0.4, 0.5) is 5.69 Å². The van der Waals surface area contributed by atoms with Crippen molar-refractivity contribution in [1.29, 1.82) is 0 Å². The van der Waals surface area contributed by atoms with E-state index in [0.717, 1.165) is 19.6 Å². The highest BCUT2D eigenvalue weighted by Crippen LogP contribution is 2.19. The normalized spacial score (nSPS) is 16.1. The molecule has 3 nitrogen and oxygen atoms in total. The molecule has 110 valence electrons. The van der Waals surface area contributed by atoms with Crippen molar-refractivity contribution in [3.63, 3.8) is 0 Å². The minimum absolute atomic E-state index is 0.329. The molecule has 2 aromatic rings. The number of rotatable bonds is 4. The van der Waals surface area contributed by atoms with Crippen LogP contribution >= 0.6 is 0 Å². The molecule has 1 saturated heterocycles. The highest BCUT2D eigenvalue weighted by molar-refractivity contribution is 5.46. The van der Waals surface area contributed by atoms with Gasteiger partial charge in [-0.3, -0.25) is 0 Å². The molecule has 1 aliphatic heterocycles. The van der Waals surface area contributed by atoms with Crippen molar-refractivity contribution in [2.24, 2.45) is 0 Å². The lowest BCUT2D eigenvalue weighted by Crippen LogP contribution is -2.42. The summed E-state index contributed by atoms with van der Waals surface area (Å²) in [6, 6.07) is 18.7. The van der Waals surface area contributed by atoms with Crippen LogP contribution < -0.4 is 10.2 Å². The smallest absolute Gasteiger partial charge is 0.115 e. The van der Waals surface area contributed by atoms with E-state index in [1.165, 1.54) is 24.1 Å². The molecule has 2 aromatic carbocycles. The zero-order valence-electron chi connectivity index (χ0n) is 12.2. The number of para-hydroxylation sites is 1. The molecule has 1 aliphatic rings. The predicted molar refractivity (Wildman–Crippen MR) is 86.6 cm³/mol. The van der Waals surface area contributed by atoms with Crippen molar-refractivity contribution in [2.45, 2.75) is 25.4 Å². The molecular formula is C18H22N2O. The second-order valence-electron chi connectivity index (χ2n) is 5.64. The highest BCUT2D eigenvalue weighted by Gasteiger charge is 2.18. The van der Waals surface area contributed by atoms with Gasteiger partial charge >= 0.3 is 0 Å². The molecule has 0 unspecified atom stereocenters. The van der Waals surface area contributed by atoms with Gasteiger partial charge in [0.25, 0.3) is 0 Å². The first kappa shape index (κ1) is 14.0. The Labute approximate surface area is 126 Å². The Balaban J connectivity index is 1.47. The number of piperidine rings is 1. The monoisotopic (exact) mass is 282 g/mol. The average molecular weight is 282 g/mol. The van der Waals surface area contributed by atoms with Crippen molar-refractivity contribution < 1.29 is 5.11 Å². The van der Waals surface area contributed by atoms with E-state index >= 15 is 0 Å². The lowest BCUT2D eigenvalue weighted by atomic mass is 10.0. The van der Waals surface area contributed by atoms with E-state index < -0.39 is 0 Å². The molecule has 2 N–H and O–H groups in total. The molecule has 0 radical (unpaired) electrons. The molecule has 0 amide bonds. The number of aromatic hydroxyl groups is 1. The SMILES string of the molecule is Oc1ccc(CNC2CCN(c3ccccc3)CC2)cc1. The van der Waals surface area contributed by atoms with Gasteiger partial charge in [-0.1, -0.05) is 30.3 Å². The van der Waals surface area contributed by atoms with E-state index in [2.05, 4.69) is 40.5 Å². The van der Waals surface area contributed by atoms with Gasteiger partial charge in [0.2, 0.25) is 0 Å². The Kier molecular flexibility index (Phi) is 4.41. The summed E-state index contributed by atoms with van der Waals surface area (Å²) >= 11 is 0. The Bertz CT molecular complexity index is 545. The van der Waals surface area contributed by atoms with Gasteiger partial charge in [0.05, 0.1) is 0 Å². The average Bonchev–Trinajstić information content (AvgIpc) is 2.56. The Hall–Kier alpha value is -2.00. The van der Waals surface area contributed by atoms with Crippen molar-refractivity contribution >= 4 is 5.69 Å². The van der Waals surface area contributed by atoms with Gasteiger partial charge in [-0.2, -0.15) is 0 Å². The zero-order valence-corrected chi connectivity index (χ0v) is 12.2. The number of hydrogen-bond donors (Lipinski definition) is 2. The number of anilines is 1. The minimum atomic E-state index is 0.329. The number of benzene rings is 2. The van der Waals surface area contributed by atoms with Gasteiger partial charge in [-0.05, 0) is 42.7 Å². The third kappa shape index (κ3) is 3.76. The summed E-state index contributed by atoms with van der Waals surface area (Å²) < 4.78 is 0. The van der Waals surface area contributed by atoms with Crippen molar-refractivity contribution in [3.05, 3.63) is 60.2 Å². The first-order valence-corrected chi connectivity index (χ1v) is 7.62. The largest absolute Gasteiger partial charge is 0.508 e. The summed E-state index contributed by atoms with van der Waals surface area (Å²) in [7, 11) is 0. The molecule has 1 fully saturated rings. The second kappa shape index (κ2) is 6.64. The fourth-order valence-electron chi connectivity index (χ4n) is 2.86. The van der Waals surface area contributed by atoms with E-state index in [0.29, 0.717) is 11.8 Å². The number of hydrogen-bond acceptors (Lipinski definition) is 3. The molecule has 0 bridgehead atoms. The van der Waals surface area contributed by atoms with Gasteiger partial charge in [0, 0.05) is 31.4 Å². The third-order valence-corrected chi connectivity index (χ3v) is 4.15. The van der Waals surface area contributed by atoms with E-state index in [9.17, 15) is 5.11 Å². The summed E-state index contributed by atoms with van der Waals surface area (Å²) in [4.78, 5) is 2.46. The van der Waals surface area contributed by atoms with Gasteiger partial charge < -0.3 is 15.3 Å². The lowest BCUT2D eigenvalue weighted by molar-refractivity contribution is 0.414. The van der Waals surface area contributed by atoms with Crippen molar-refractivity contribution in [3.8, 4) is 5.75 Å². The summed E-state index contributed by atoms with van der Waals surface area (Å²) in [5.74, 6) is 0.329. The van der Waals surface area contributed by atoms with Crippen LogP contribution in [0.2, 0.25) is 0 Å². The number of phenolic OH excluding ortho intramolecular Hbond substituents is 1. The molecule has 21 heavy (non-hydrogen) atoms. The number of nitrogens with zero attached hydrogens (tertiary/aromatic N) is 1. The second-order valence-corrected chi connectivity index (χ2v) is 5.64. The van der Waals surface area contributed by atoms with Crippen LogP contribution in [0.1, 0.15) is 18.4 Å². The molecule has 3 rings (SSSR count). The summed E-state index contributed by atoms with van der Waals surface area (Å²) in [5, 5.41) is 12.9. The maximum Gasteiger partial charge on any atom is 0.115 e. The van der Waals surface area contributed by atoms with E-state index in [4.69, 9.17) is 0 Å². The lowest BCUT2D eigenvalue weighted by Gasteiger charge is -2.34. The summed E-state index contributed by atoms with van der Waals surface area (Å²) in [5.41, 5.74) is 2.55. The fourth-order valence-corrected chi connectivity index (χ4v) is 2.86. The number of nitrogens with one attached hydrogen (secondary N) is 1. The highest BCUT2D eigenvalue weighted by atomic mass is 16.3. The Morgan fingerprint density at radius 1 is 0.952 bits per heavy atom. The molecule has 0 saturated carbocycles. The van der Waals surface area contributed by atoms with Crippen LogP contribution in [0.3, 0.4) is 0 Å². The molecular weight excluding hydrogens is 260 g/mol. The zero-order chi connectivity index (χ0) is 14.5. The van der Waals surface area contributed by atoms with Crippen LogP contribution in [-0.2, 0) is 6.54 Å². The number of phenols is 1. The Morgan fingerprint density at radius 3 is 2.29 bits per heavy atom. The Morgan fingerprint density at radius 2 is 1.62 bits per heavy atom. The van der Waals surface area contributed by atoms with Gasteiger partial charge in [0.15, 0.2) is 0 Å². The van der Waals surface area contributed by atoms with Gasteiger partial charge in [0.1, 0.15) is 5.75 Å². The van der Waals surface area contributed by atoms with Gasteiger partial charge in [-0.15, -0.1) is 0 Å². The first-order chi connectivity index (χ1) is 10.3.